The molecule has 1 aromatic carbocycles. The van der Waals surface area contributed by atoms with E-state index in [2.05, 4.69) is 52.0 Å². The summed E-state index contributed by atoms with van der Waals surface area (Å²) in [7, 11) is 0. The Morgan fingerprint density at radius 1 is 1.36 bits per heavy atom. The molecule has 0 amide bonds. The Morgan fingerprint density at radius 2 is 2.14 bits per heavy atom. The summed E-state index contributed by atoms with van der Waals surface area (Å²) in [5, 5.41) is 1.30. The molecule has 0 aliphatic heterocycles. The highest BCUT2D eigenvalue weighted by atomic mass is 127. The zero-order chi connectivity index (χ0) is 9.97. The van der Waals surface area contributed by atoms with Gasteiger partial charge in [-0.15, -0.1) is 0 Å². The first kappa shape index (κ1) is 9.98. The van der Waals surface area contributed by atoms with Crippen molar-refractivity contribution >= 4 is 33.5 Å². The molecule has 1 aromatic heterocycles. The van der Waals surface area contributed by atoms with Gasteiger partial charge in [-0.1, -0.05) is 40.8 Å². The van der Waals surface area contributed by atoms with Crippen LogP contribution in [-0.4, -0.2) is 15.5 Å². The summed E-state index contributed by atoms with van der Waals surface area (Å²) >= 11 is 2.33. The third kappa shape index (κ3) is 1.93. The van der Waals surface area contributed by atoms with Gasteiger partial charge in [0, 0.05) is 27.6 Å². The maximum atomic E-state index is 5.93. The van der Waals surface area contributed by atoms with Gasteiger partial charge in [0.2, 0.25) is 0 Å². The summed E-state index contributed by atoms with van der Waals surface area (Å²) < 4.78 is 0.997. The standard InChI is InChI=1S/C11H13IN2/c12-6-9(13)5-8-7-14-11-4-2-1-3-10(8)11/h1-4,7,9,14H,5-6,13H2. The number of nitrogens with two attached hydrogens (primary N) is 1. The van der Waals surface area contributed by atoms with Crippen molar-refractivity contribution in [2.75, 3.05) is 4.43 Å². The molecule has 14 heavy (non-hydrogen) atoms. The second kappa shape index (κ2) is 4.31. The van der Waals surface area contributed by atoms with Gasteiger partial charge in [-0.3, -0.25) is 0 Å². The average Bonchev–Trinajstić information content (AvgIpc) is 2.62. The number of rotatable bonds is 3. The van der Waals surface area contributed by atoms with Crippen LogP contribution in [0.1, 0.15) is 5.56 Å². The molecule has 1 atom stereocenters. The number of aromatic amines is 1. The van der Waals surface area contributed by atoms with Gasteiger partial charge in [0.05, 0.1) is 0 Å². The van der Waals surface area contributed by atoms with E-state index in [-0.39, 0.29) is 6.04 Å². The third-order valence-electron chi connectivity index (χ3n) is 2.36. The molecule has 2 aromatic rings. The molecule has 0 aliphatic carbocycles. The second-order valence-electron chi connectivity index (χ2n) is 3.48. The van der Waals surface area contributed by atoms with Crippen LogP contribution in [0.5, 0.6) is 0 Å². The smallest absolute Gasteiger partial charge is 0.0456 e. The highest BCUT2D eigenvalue weighted by molar-refractivity contribution is 14.1. The largest absolute Gasteiger partial charge is 0.361 e. The predicted molar refractivity (Wildman–Crippen MR) is 68.9 cm³/mol. The monoisotopic (exact) mass is 300 g/mol. The summed E-state index contributed by atoms with van der Waals surface area (Å²) in [6, 6.07) is 8.60. The van der Waals surface area contributed by atoms with Gasteiger partial charge in [0.15, 0.2) is 0 Å². The van der Waals surface area contributed by atoms with Crippen molar-refractivity contribution in [3.05, 3.63) is 36.0 Å². The van der Waals surface area contributed by atoms with Gasteiger partial charge < -0.3 is 10.7 Å². The fourth-order valence-electron chi connectivity index (χ4n) is 1.64. The van der Waals surface area contributed by atoms with Crippen molar-refractivity contribution in [2.24, 2.45) is 5.73 Å². The lowest BCUT2D eigenvalue weighted by Crippen LogP contribution is -2.23. The lowest BCUT2D eigenvalue weighted by atomic mass is 10.1. The highest BCUT2D eigenvalue weighted by Gasteiger charge is 2.06. The first-order valence-electron chi connectivity index (χ1n) is 4.68. The molecule has 3 N–H and O–H groups in total. The predicted octanol–water partition coefficient (Wildman–Crippen LogP) is 2.47. The fourth-order valence-corrected chi connectivity index (χ4v) is 1.95. The molecule has 2 rings (SSSR count). The van der Waals surface area contributed by atoms with Crippen molar-refractivity contribution in [3.63, 3.8) is 0 Å². The fraction of sp³-hybridized carbons (Fsp3) is 0.273. The quantitative estimate of drug-likeness (QED) is 0.663. The summed E-state index contributed by atoms with van der Waals surface area (Å²) in [5.41, 5.74) is 8.46. The summed E-state index contributed by atoms with van der Waals surface area (Å²) in [6.45, 7) is 0. The minimum absolute atomic E-state index is 0.259. The highest BCUT2D eigenvalue weighted by Crippen LogP contribution is 2.18. The van der Waals surface area contributed by atoms with Crippen LogP contribution >= 0.6 is 22.6 Å². The summed E-state index contributed by atoms with van der Waals surface area (Å²) in [6.07, 6.45) is 3.02. The second-order valence-corrected chi connectivity index (χ2v) is 4.36. The molecule has 0 spiro atoms. The van der Waals surface area contributed by atoms with E-state index in [0.29, 0.717) is 0 Å². The van der Waals surface area contributed by atoms with Gasteiger partial charge in [0.25, 0.3) is 0 Å². The Kier molecular flexibility index (Phi) is 3.08. The third-order valence-corrected chi connectivity index (χ3v) is 3.49. The van der Waals surface area contributed by atoms with Crippen molar-refractivity contribution in [1.82, 2.24) is 4.98 Å². The number of fused-ring (bicyclic) bond motifs is 1. The van der Waals surface area contributed by atoms with E-state index in [1.807, 2.05) is 6.07 Å². The normalized spacial score (nSPS) is 13.3. The van der Waals surface area contributed by atoms with Crippen molar-refractivity contribution < 1.29 is 0 Å². The van der Waals surface area contributed by atoms with Gasteiger partial charge >= 0.3 is 0 Å². The molecule has 74 valence electrons. The number of nitrogens with one attached hydrogen (secondary N) is 1. The van der Waals surface area contributed by atoms with Gasteiger partial charge in [0.1, 0.15) is 0 Å². The lowest BCUT2D eigenvalue weighted by Gasteiger charge is -2.05. The summed E-state index contributed by atoms with van der Waals surface area (Å²) in [4.78, 5) is 3.26. The van der Waals surface area contributed by atoms with Gasteiger partial charge in [-0.25, -0.2) is 0 Å². The Hall–Kier alpha value is -0.550. The molecule has 0 radical (unpaired) electrons. The molecule has 0 bridgehead atoms. The van der Waals surface area contributed by atoms with E-state index >= 15 is 0 Å². The first-order valence-corrected chi connectivity index (χ1v) is 6.20. The summed E-state index contributed by atoms with van der Waals surface area (Å²) in [5.74, 6) is 0. The van der Waals surface area contributed by atoms with Gasteiger partial charge in [-0.2, -0.15) is 0 Å². The maximum Gasteiger partial charge on any atom is 0.0456 e. The molecule has 0 saturated carbocycles. The van der Waals surface area contributed by atoms with Crippen molar-refractivity contribution in [1.29, 1.82) is 0 Å². The van der Waals surface area contributed by atoms with E-state index < -0.39 is 0 Å². The number of hydrogen-bond acceptors (Lipinski definition) is 1. The molecule has 1 unspecified atom stereocenters. The number of halogens is 1. The molecule has 0 saturated heterocycles. The molecule has 0 fully saturated rings. The number of alkyl halides is 1. The molecule has 1 heterocycles. The van der Waals surface area contributed by atoms with Crippen molar-refractivity contribution in [3.8, 4) is 0 Å². The maximum absolute atomic E-state index is 5.93. The molecular weight excluding hydrogens is 287 g/mol. The van der Waals surface area contributed by atoms with Crippen LogP contribution in [0, 0.1) is 0 Å². The number of hydrogen-bond donors (Lipinski definition) is 2. The van der Waals surface area contributed by atoms with Crippen LogP contribution in [0.15, 0.2) is 30.5 Å². The zero-order valence-electron chi connectivity index (χ0n) is 7.83. The number of H-pyrrole nitrogens is 1. The van der Waals surface area contributed by atoms with Crippen LogP contribution in [0.2, 0.25) is 0 Å². The van der Waals surface area contributed by atoms with Crippen LogP contribution in [0.3, 0.4) is 0 Å². The van der Waals surface area contributed by atoms with Crippen LogP contribution in [0.4, 0.5) is 0 Å². The average molecular weight is 300 g/mol. The molecule has 2 nitrogen and oxygen atoms in total. The van der Waals surface area contributed by atoms with E-state index in [0.717, 1.165) is 10.8 Å². The van der Waals surface area contributed by atoms with E-state index in [4.69, 9.17) is 5.73 Å². The minimum Gasteiger partial charge on any atom is -0.361 e. The van der Waals surface area contributed by atoms with Gasteiger partial charge in [-0.05, 0) is 18.1 Å². The SMILES string of the molecule is NC(CI)Cc1c[nH]c2ccccc12. The number of para-hydroxylation sites is 1. The van der Waals surface area contributed by atoms with Crippen LogP contribution in [0.25, 0.3) is 10.9 Å². The van der Waals surface area contributed by atoms with Crippen molar-refractivity contribution in [2.45, 2.75) is 12.5 Å². The number of benzene rings is 1. The van der Waals surface area contributed by atoms with Crippen LogP contribution < -0.4 is 5.73 Å². The Morgan fingerprint density at radius 3 is 2.93 bits per heavy atom. The van der Waals surface area contributed by atoms with E-state index in [1.54, 1.807) is 0 Å². The molecular formula is C11H13IN2. The zero-order valence-corrected chi connectivity index (χ0v) is 9.99. The Balaban J connectivity index is 2.33. The van der Waals surface area contributed by atoms with E-state index in [1.165, 1.54) is 16.5 Å². The minimum atomic E-state index is 0.259. The topological polar surface area (TPSA) is 41.8 Å². The molecule has 0 aliphatic rings. The lowest BCUT2D eigenvalue weighted by molar-refractivity contribution is 0.762. The molecule has 3 heteroatoms. The first-order chi connectivity index (χ1) is 6.81. The van der Waals surface area contributed by atoms with Crippen LogP contribution in [-0.2, 0) is 6.42 Å². The number of aromatic nitrogens is 1. The van der Waals surface area contributed by atoms with E-state index in [9.17, 15) is 0 Å². The Bertz CT molecular complexity index is 422. The Labute approximate surface area is 97.0 Å².